The molecule has 5 nitrogen and oxygen atoms in total. The van der Waals surface area contributed by atoms with Crippen molar-refractivity contribution in [1.29, 1.82) is 0 Å². The molecular formula is C12H16ClN3O2. The highest BCUT2D eigenvalue weighted by Crippen LogP contribution is 2.16. The minimum atomic E-state index is -0.0320. The van der Waals surface area contributed by atoms with Gasteiger partial charge in [0.05, 0.1) is 24.0 Å². The van der Waals surface area contributed by atoms with Crippen LogP contribution in [0.5, 0.6) is 6.01 Å². The van der Waals surface area contributed by atoms with Crippen LogP contribution in [0.3, 0.4) is 0 Å². The van der Waals surface area contributed by atoms with E-state index in [1.54, 1.807) is 0 Å². The summed E-state index contributed by atoms with van der Waals surface area (Å²) in [5.74, 6) is 0.167. The van der Waals surface area contributed by atoms with Crippen LogP contribution in [0.2, 0.25) is 5.02 Å². The highest BCUT2D eigenvalue weighted by Gasteiger charge is 2.24. The van der Waals surface area contributed by atoms with Gasteiger partial charge in [0.25, 0.3) is 0 Å². The molecule has 2 rings (SSSR count). The molecule has 0 bridgehead atoms. The SMILES string of the molecule is CCC(=O)N1CCC[C@H](Oc2ncc(Cl)cn2)C1. The third-order valence-corrected chi connectivity index (χ3v) is 3.10. The minimum absolute atomic E-state index is 0.0320. The number of carbonyl (C=O) groups is 1. The number of halogens is 1. The number of piperidine rings is 1. The maximum atomic E-state index is 11.6. The van der Waals surface area contributed by atoms with E-state index < -0.39 is 0 Å². The van der Waals surface area contributed by atoms with E-state index in [9.17, 15) is 4.79 Å². The van der Waals surface area contributed by atoms with Gasteiger partial charge in [-0.3, -0.25) is 4.79 Å². The second kappa shape index (κ2) is 6.00. The van der Waals surface area contributed by atoms with Gasteiger partial charge < -0.3 is 9.64 Å². The van der Waals surface area contributed by atoms with Crippen LogP contribution in [-0.4, -0.2) is 40.0 Å². The minimum Gasteiger partial charge on any atom is -0.458 e. The smallest absolute Gasteiger partial charge is 0.316 e. The first-order chi connectivity index (χ1) is 8.69. The van der Waals surface area contributed by atoms with Crippen molar-refractivity contribution in [2.75, 3.05) is 13.1 Å². The van der Waals surface area contributed by atoms with E-state index in [0.717, 1.165) is 19.4 Å². The molecule has 6 heteroatoms. The highest BCUT2D eigenvalue weighted by molar-refractivity contribution is 6.30. The van der Waals surface area contributed by atoms with Crippen LogP contribution >= 0.6 is 11.6 Å². The number of nitrogens with zero attached hydrogens (tertiary/aromatic N) is 3. The van der Waals surface area contributed by atoms with Gasteiger partial charge in [-0.2, -0.15) is 0 Å². The molecular weight excluding hydrogens is 254 g/mol. The molecule has 0 unspecified atom stereocenters. The molecule has 1 aliphatic rings. The fourth-order valence-electron chi connectivity index (χ4n) is 1.99. The van der Waals surface area contributed by atoms with Gasteiger partial charge in [0.2, 0.25) is 5.91 Å². The van der Waals surface area contributed by atoms with Gasteiger partial charge in [-0.1, -0.05) is 18.5 Å². The maximum Gasteiger partial charge on any atom is 0.316 e. The molecule has 1 aromatic rings. The monoisotopic (exact) mass is 269 g/mol. The predicted molar refractivity (Wildman–Crippen MR) is 67.6 cm³/mol. The number of hydrogen-bond donors (Lipinski definition) is 0. The third kappa shape index (κ3) is 3.32. The van der Waals surface area contributed by atoms with Crippen LogP contribution in [0.15, 0.2) is 12.4 Å². The van der Waals surface area contributed by atoms with E-state index in [1.807, 2.05) is 11.8 Å². The number of amides is 1. The van der Waals surface area contributed by atoms with Crippen LogP contribution in [-0.2, 0) is 4.79 Å². The molecule has 0 saturated carbocycles. The van der Waals surface area contributed by atoms with E-state index in [0.29, 0.717) is 24.0 Å². The Labute approximate surface area is 111 Å². The molecule has 0 aromatic carbocycles. The normalized spacial score (nSPS) is 19.7. The molecule has 0 aliphatic carbocycles. The lowest BCUT2D eigenvalue weighted by atomic mass is 10.1. The van der Waals surface area contributed by atoms with E-state index in [1.165, 1.54) is 12.4 Å². The Kier molecular flexibility index (Phi) is 4.36. The standard InChI is InChI=1S/C12H16ClN3O2/c1-2-11(17)16-5-3-4-10(8-16)18-12-14-6-9(13)7-15-12/h6-7,10H,2-5,8H2,1H3/t10-/m0/s1. The summed E-state index contributed by atoms with van der Waals surface area (Å²) in [5, 5.41) is 0.480. The maximum absolute atomic E-state index is 11.6. The van der Waals surface area contributed by atoms with E-state index >= 15 is 0 Å². The van der Waals surface area contributed by atoms with Crippen molar-refractivity contribution in [3.8, 4) is 6.01 Å². The van der Waals surface area contributed by atoms with E-state index in [4.69, 9.17) is 16.3 Å². The summed E-state index contributed by atoms with van der Waals surface area (Å²) in [6, 6.07) is 0.315. The Morgan fingerprint density at radius 3 is 2.94 bits per heavy atom. The summed E-state index contributed by atoms with van der Waals surface area (Å²) < 4.78 is 5.66. The van der Waals surface area contributed by atoms with Gasteiger partial charge in [-0.25, -0.2) is 9.97 Å². The molecule has 98 valence electrons. The fourth-order valence-corrected chi connectivity index (χ4v) is 2.09. The van der Waals surface area contributed by atoms with E-state index in [2.05, 4.69) is 9.97 Å². The van der Waals surface area contributed by atoms with Crippen molar-refractivity contribution in [2.45, 2.75) is 32.3 Å². The Hall–Kier alpha value is -1.36. The van der Waals surface area contributed by atoms with Crippen molar-refractivity contribution in [3.05, 3.63) is 17.4 Å². The molecule has 1 aromatic heterocycles. The first kappa shape index (κ1) is 13.1. The quantitative estimate of drug-likeness (QED) is 0.841. The average Bonchev–Trinajstić information content (AvgIpc) is 2.41. The lowest BCUT2D eigenvalue weighted by Crippen LogP contribution is -2.44. The summed E-state index contributed by atoms with van der Waals surface area (Å²) in [5.41, 5.74) is 0. The first-order valence-electron chi connectivity index (χ1n) is 6.11. The van der Waals surface area contributed by atoms with Gasteiger partial charge >= 0.3 is 6.01 Å². The second-order valence-corrected chi connectivity index (χ2v) is 4.70. The van der Waals surface area contributed by atoms with Gasteiger partial charge in [-0.15, -0.1) is 0 Å². The summed E-state index contributed by atoms with van der Waals surface area (Å²) in [6.45, 7) is 3.29. The topological polar surface area (TPSA) is 55.3 Å². The number of aromatic nitrogens is 2. The molecule has 1 saturated heterocycles. The van der Waals surface area contributed by atoms with Crippen LogP contribution in [0.1, 0.15) is 26.2 Å². The molecule has 18 heavy (non-hydrogen) atoms. The van der Waals surface area contributed by atoms with Gasteiger partial charge in [0, 0.05) is 13.0 Å². The van der Waals surface area contributed by atoms with Crippen molar-refractivity contribution in [1.82, 2.24) is 14.9 Å². The lowest BCUT2D eigenvalue weighted by molar-refractivity contribution is -0.133. The van der Waals surface area contributed by atoms with Gasteiger partial charge in [0.1, 0.15) is 6.10 Å². The molecule has 1 aliphatic heterocycles. The Balaban J connectivity index is 1.93. The molecule has 0 spiro atoms. The average molecular weight is 270 g/mol. The summed E-state index contributed by atoms with van der Waals surface area (Å²) in [7, 11) is 0. The van der Waals surface area contributed by atoms with Crippen molar-refractivity contribution >= 4 is 17.5 Å². The van der Waals surface area contributed by atoms with Crippen molar-refractivity contribution in [3.63, 3.8) is 0 Å². The third-order valence-electron chi connectivity index (χ3n) is 2.90. The van der Waals surface area contributed by atoms with Crippen LogP contribution in [0.4, 0.5) is 0 Å². The van der Waals surface area contributed by atoms with Gasteiger partial charge in [0.15, 0.2) is 0 Å². The molecule has 1 fully saturated rings. The van der Waals surface area contributed by atoms with Gasteiger partial charge in [-0.05, 0) is 12.8 Å². The zero-order chi connectivity index (χ0) is 13.0. The number of rotatable bonds is 3. The van der Waals surface area contributed by atoms with Crippen LogP contribution in [0.25, 0.3) is 0 Å². The van der Waals surface area contributed by atoms with Crippen molar-refractivity contribution in [2.24, 2.45) is 0 Å². The zero-order valence-corrected chi connectivity index (χ0v) is 11.1. The molecule has 0 radical (unpaired) electrons. The first-order valence-corrected chi connectivity index (χ1v) is 6.49. The second-order valence-electron chi connectivity index (χ2n) is 4.26. The Bertz CT molecular complexity index is 410. The molecule has 1 amide bonds. The summed E-state index contributed by atoms with van der Waals surface area (Å²) in [4.78, 5) is 21.5. The molecule has 1 atom stereocenters. The van der Waals surface area contributed by atoms with Crippen LogP contribution in [0, 0.1) is 0 Å². The fraction of sp³-hybridized carbons (Fsp3) is 0.583. The number of ether oxygens (including phenoxy) is 1. The zero-order valence-electron chi connectivity index (χ0n) is 10.3. The Morgan fingerprint density at radius 2 is 2.28 bits per heavy atom. The number of likely N-dealkylation sites (tertiary alicyclic amines) is 1. The predicted octanol–water partition coefficient (Wildman–Crippen LogP) is 1.91. The summed E-state index contributed by atoms with van der Waals surface area (Å²) >= 11 is 5.70. The summed E-state index contributed by atoms with van der Waals surface area (Å²) in [6.07, 6.45) is 5.37. The number of carbonyl (C=O) groups excluding carboxylic acids is 1. The molecule has 2 heterocycles. The van der Waals surface area contributed by atoms with Crippen LogP contribution < -0.4 is 4.74 Å². The van der Waals surface area contributed by atoms with Crippen molar-refractivity contribution < 1.29 is 9.53 Å². The Morgan fingerprint density at radius 1 is 1.56 bits per heavy atom. The largest absolute Gasteiger partial charge is 0.458 e. The molecule has 0 N–H and O–H groups in total. The highest BCUT2D eigenvalue weighted by atomic mass is 35.5. The van der Waals surface area contributed by atoms with E-state index in [-0.39, 0.29) is 12.0 Å². The number of hydrogen-bond acceptors (Lipinski definition) is 4. The lowest BCUT2D eigenvalue weighted by Gasteiger charge is -2.32.